The van der Waals surface area contributed by atoms with Gasteiger partial charge in [0.2, 0.25) is 0 Å². The summed E-state index contributed by atoms with van der Waals surface area (Å²) in [6, 6.07) is 2.13. The molecule has 0 aromatic heterocycles. The van der Waals surface area contributed by atoms with Gasteiger partial charge >= 0.3 is 0 Å². The quantitative estimate of drug-likeness (QED) is 0.597. The first-order valence-electron chi connectivity index (χ1n) is 3.92. The van der Waals surface area contributed by atoms with E-state index in [0.29, 0.717) is 6.10 Å². The van der Waals surface area contributed by atoms with Crippen molar-refractivity contribution < 1.29 is 4.74 Å². The van der Waals surface area contributed by atoms with Crippen molar-refractivity contribution in [3.05, 3.63) is 0 Å². The molecule has 56 valence electrons. The van der Waals surface area contributed by atoms with E-state index in [-0.39, 0.29) is 6.10 Å². The lowest BCUT2D eigenvalue weighted by atomic mass is 9.96. The monoisotopic (exact) mass is 139 g/mol. The Bertz CT molecular complexity index is 135. The molecule has 0 radical (unpaired) electrons. The molecule has 2 nitrogen and oxygen atoms in total. The molecule has 0 N–H and O–H groups in total. The van der Waals surface area contributed by atoms with Crippen molar-refractivity contribution >= 4 is 0 Å². The first-order chi connectivity index (χ1) is 4.86. The maximum absolute atomic E-state index is 8.52. The predicted molar refractivity (Wildman–Crippen MR) is 38.4 cm³/mol. The topological polar surface area (TPSA) is 33.0 Å². The minimum absolute atomic E-state index is 0.162. The van der Waals surface area contributed by atoms with Crippen LogP contribution in [0.15, 0.2) is 0 Å². The molecule has 1 rings (SSSR count). The van der Waals surface area contributed by atoms with E-state index >= 15 is 0 Å². The van der Waals surface area contributed by atoms with E-state index in [4.69, 9.17) is 10.00 Å². The summed E-state index contributed by atoms with van der Waals surface area (Å²) in [5.41, 5.74) is 0. The fourth-order valence-corrected chi connectivity index (χ4v) is 0.957. The molecule has 1 saturated carbocycles. The highest BCUT2D eigenvalue weighted by Crippen LogP contribution is 2.23. The molecule has 0 bridgehead atoms. The average Bonchev–Trinajstić information content (AvgIpc) is 1.87. The number of nitriles is 1. The fourth-order valence-electron chi connectivity index (χ4n) is 0.957. The van der Waals surface area contributed by atoms with Crippen LogP contribution < -0.4 is 0 Å². The molecule has 0 aliphatic heterocycles. The van der Waals surface area contributed by atoms with Crippen molar-refractivity contribution in [1.82, 2.24) is 0 Å². The van der Waals surface area contributed by atoms with Gasteiger partial charge < -0.3 is 4.74 Å². The van der Waals surface area contributed by atoms with E-state index in [1.54, 1.807) is 0 Å². The largest absolute Gasteiger partial charge is 0.360 e. The fraction of sp³-hybridized carbons (Fsp3) is 0.875. The Balaban J connectivity index is 2.15. The Hall–Kier alpha value is -0.550. The van der Waals surface area contributed by atoms with Crippen molar-refractivity contribution in [3.8, 4) is 6.07 Å². The summed E-state index contributed by atoms with van der Waals surface area (Å²) in [5, 5.41) is 8.52. The molecule has 0 heterocycles. The number of hydrogen-bond acceptors (Lipinski definition) is 2. The summed E-state index contributed by atoms with van der Waals surface area (Å²) >= 11 is 0. The van der Waals surface area contributed by atoms with Crippen LogP contribution >= 0.6 is 0 Å². The molecule has 0 aromatic rings. The predicted octanol–water partition coefficient (Wildman–Crippen LogP) is 1.86. The second kappa shape index (κ2) is 3.58. The Morgan fingerprint density at radius 1 is 1.70 bits per heavy atom. The van der Waals surface area contributed by atoms with Crippen LogP contribution in [-0.2, 0) is 4.74 Å². The van der Waals surface area contributed by atoms with Crippen molar-refractivity contribution in [2.45, 2.75) is 44.8 Å². The third-order valence-electron chi connectivity index (χ3n) is 1.92. The first-order valence-corrected chi connectivity index (χ1v) is 3.92. The van der Waals surface area contributed by atoms with Crippen molar-refractivity contribution in [3.63, 3.8) is 0 Å². The molecule has 1 atom stereocenters. The lowest BCUT2D eigenvalue weighted by Gasteiger charge is -2.27. The Kier molecular flexibility index (Phi) is 2.70. The van der Waals surface area contributed by atoms with Crippen LogP contribution in [0, 0.1) is 11.3 Å². The molecule has 1 aliphatic carbocycles. The van der Waals surface area contributed by atoms with Gasteiger partial charge in [0.15, 0.2) is 0 Å². The van der Waals surface area contributed by atoms with Gasteiger partial charge in [-0.15, -0.1) is 0 Å². The summed E-state index contributed by atoms with van der Waals surface area (Å²) in [6.45, 7) is 1.98. The smallest absolute Gasteiger partial charge is 0.144 e. The molecular weight excluding hydrogens is 126 g/mol. The van der Waals surface area contributed by atoms with Gasteiger partial charge in [0.1, 0.15) is 6.10 Å². The zero-order valence-electron chi connectivity index (χ0n) is 6.34. The van der Waals surface area contributed by atoms with Crippen molar-refractivity contribution in [2.75, 3.05) is 0 Å². The first kappa shape index (κ1) is 7.56. The van der Waals surface area contributed by atoms with Crippen LogP contribution in [0.5, 0.6) is 0 Å². The molecule has 0 aromatic carbocycles. The summed E-state index contributed by atoms with van der Waals surface area (Å²) in [7, 11) is 0. The summed E-state index contributed by atoms with van der Waals surface area (Å²) in [6.07, 6.45) is 4.62. The van der Waals surface area contributed by atoms with Gasteiger partial charge in [0.05, 0.1) is 12.2 Å². The van der Waals surface area contributed by atoms with E-state index < -0.39 is 0 Å². The van der Waals surface area contributed by atoms with Crippen LogP contribution in [0.2, 0.25) is 0 Å². The molecule has 1 fully saturated rings. The number of hydrogen-bond donors (Lipinski definition) is 0. The third kappa shape index (κ3) is 1.71. The van der Waals surface area contributed by atoms with Gasteiger partial charge in [0.25, 0.3) is 0 Å². The van der Waals surface area contributed by atoms with Crippen LogP contribution in [0.25, 0.3) is 0 Å². The minimum atomic E-state index is -0.162. The molecule has 0 saturated heterocycles. The minimum Gasteiger partial charge on any atom is -0.360 e. The number of nitrogens with zero attached hydrogens (tertiary/aromatic N) is 1. The Morgan fingerprint density at radius 3 is 2.70 bits per heavy atom. The lowest BCUT2D eigenvalue weighted by molar-refractivity contribution is -0.0282. The standard InChI is InChI=1S/C8H13NO/c1-2-7(6-9)10-8-4-3-5-8/h7-8H,2-5H2,1H3. The highest BCUT2D eigenvalue weighted by molar-refractivity contribution is 4.85. The highest BCUT2D eigenvalue weighted by atomic mass is 16.5. The van der Waals surface area contributed by atoms with E-state index in [1.165, 1.54) is 6.42 Å². The highest BCUT2D eigenvalue weighted by Gasteiger charge is 2.21. The van der Waals surface area contributed by atoms with Crippen LogP contribution in [0.4, 0.5) is 0 Å². The van der Waals surface area contributed by atoms with Gasteiger partial charge in [-0.3, -0.25) is 0 Å². The molecule has 10 heavy (non-hydrogen) atoms. The molecule has 0 spiro atoms. The maximum Gasteiger partial charge on any atom is 0.144 e. The van der Waals surface area contributed by atoms with Crippen LogP contribution in [0.3, 0.4) is 0 Å². The van der Waals surface area contributed by atoms with Gasteiger partial charge in [-0.05, 0) is 25.7 Å². The SMILES string of the molecule is CCC(C#N)OC1CCC1. The van der Waals surface area contributed by atoms with Gasteiger partial charge in [0, 0.05) is 0 Å². The molecule has 1 unspecified atom stereocenters. The van der Waals surface area contributed by atoms with Crippen molar-refractivity contribution in [2.24, 2.45) is 0 Å². The summed E-state index contributed by atoms with van der Waals surface area (Å²) in [5.74, 6) is 0. The maximum atomic E-state index is 8.52. The average molecular weight is 139 g/mol. The lowest BCUT2D eigenvalue weighted by Crippen LogP contribution is -2.26. The summed E-state index contributed by atoms with van der Waals surface area (Å²) in [4.78, 5) is 0. The molecule has 0 amide bonds. The Morgan fingerprint density at radius 2 is 2.40 bits per heavy atom. The molecular formula is C8H13NO. The summed E-state index contributed by atoms with van der Waals surface area (Å²) < 4.78 is 5.42. The van der Waals surface area contributed by atoms with Crippen LogP contribution in [0.1, 0.15) is 32.6 Å². The van der Waals surface area contributed by atoms with E-state index in [9.17, 15) is 0 Å². The van der Waals surface area contributed by atoms with Gasteiger partial charge in [-0.1, -0.05) is 6.92 Å². The van der Waals surface area contributed by atoms with E-state index in [0.717, 1.165) is 19.3 Å². The van der Waals surface area contributed by atoms with E-state index in [2.05, 4.69) is 6.07 Å². The molecule has 2 heteroatoms. The Labute approximate surface area is 61.8 Å². The second-order valence-corrected chi connectivity index (χ2v) is 2.71. The second-order valence-electron chi connectivity index (χ2n) is 2.71. The van der Waals surface area contributed by atoms with Crippen LogP contribution in [-0.4, -0.2) is 12.2 Å². The molecule has 1 aliphatic rings. The normalized spacial score (nSPS) is 21.2. The van der Waals surface area contributed by atoms with Crippen molar-refractivity contribution in [1.29, 1.82) is 5.26 Å². The number of rotatable bonds is 3. The van der Waals surface area contributed by atoms with Gasteiger partial charge in [-0.25, -0.2) is 0 Å². The number of ether oxygens (including phenoxy) is 1. The zero-order valence-corrected chi connectivity index (χ0v) is 6.34. The zero-order chi connectivity index (χ0) is 7.40. The van der Waals surface area contributed by atoms with Gasteiger partial charge in [-0.2, -0.15) is 5.26 Å². The third-order valence-corrected chi connectivity index (χ3v) is 1.92. The van der Waals surface area contributed by atoms with E-state index in [1.807, 2.05) is 6.92 Å².